The number of nitrogens with one attached hydrogen (secondary N) is 3. The summed E-state index contributed by atoms with van der Waals surface area (Å²) in [6.45, 7) is 8.54. The Kier molecular flexibility index (Phi) is 7.51. The molecular formula is C16H27ClN4O2S. The highest BCUT2D eigenvalue weighted by molar-refractivity contribution is 7.88. The molecule has 1 aromatic rings. The Labute approximate surface area is 150 Å². The molecule has 0 saturated heterocycles. The van der Waals surface area contributed by atoms with E-state index in [1.807, 2.05) is 38.1 Å². The van der Waals surface area contributed by atoms with Gasteiger partial charge in [-0.25, -0.2) is 13.1 Å². The molecule has 0 aliphatic rings. The number of guanidine groups is 1. The topological polar surface area (TPSA) is 82.6 Å². The average molecular weight is 375 g/mol. The second-order valence-corrected chi connectivity index (χ2v) is 8.50. The van der Waals surface area contributed by atoms with Gasteiger partial charge in [-0.05, 0) is 39.3 Å². The minimum atomic E-state index is -3.29. The second-order valence-electron chi connectivity index (χ2n) is 6.34. The lowest BCUT2D eigenvalue weighted by molar-refractivity contribution is 0.464. The van der Waals surface area contributed by atoms with Crippen LogP contribution in [0, 0.1) is 0 Å². The zero-order chi connectivity index (χ0) is 18.4. The number of halogens is 1. The summed E-state index contributed by atoms with van der Waals surface area (Å²) in [6, 6.07) is 7.58. The number of aliphatic imine (C=N–C) groups is 1. The molecule has 1 atom stereocenters. The number of hydrogen-bond donors (Lipinski definition) is 3. The van der Waals surface area contributed by atoms with E-state index in [0.29, 0.717) is 24.1 Å². The fourth-order valence-corrected chi connectivity index (χ4v) is 3.61. The molecule has 0 spiro atoms. The Balaban J connectivity index is 2.84. The van der Waals surface area contributed by atoms with Crippen LogP contribution in [0.2, 0.25) is 5.02 Å². The maximum Gasteiger partial charge on any atom is 0.209 e. The molecule has 1 unspecified atom stereocenters. The lowest BCUT2D eigenvalue weighted by atomic mass is 10.1. The first-order valence-electron chi connectivity index (χ1n) is 7.82. The Morgan fingerprint density at radius 2 is 1.96 bits per heavy atom. The van der Waals surface area contributed by atoms with E-state index in [2.05, 4.69) is 20.3 Å². The molecule has 0 aliphatic carbocycles. The summed E-state index contributed by atoms with van der Waals surface area (Å²) in [5, 5.41) is 7.13. The Morgan fingerprint density at radius 3 is 2.50 bits per heavy atom. The first-order valence-corrected chi connectivity index (χ1v) is 10.1. The largest absolute Gasteiger partial charge is 0.357 e. The van der Waals surface area contributed by atoms with Crippen LogP contribution in [0.3, 0.4) is 0 Å². The van der Waals surface area contributed by atoms with Crippen molar-refractivity contribution in [2.24, 2.45) is 4.99 Å². The third-order valence-electron chi connectivity index (χ3n) is 3.16. The predicted molar refractivity (Wildman–Crippen MR) is 101 cm³/mol. The molecule has 0 fully saturated rings. The van der Waals surface area contributed by atoms with Gasteiger partial charge in [-0.2, -0.15) is 0 Å². The molecule has 136 valence electrons. The van der Waals surface area contributed by atoms with Gasteiger partial charge in [0.15, 0.2) is 5.96 Å². The lowest BCUT2D eigenvalue weighted by Gasteiger charge is -2.24. The van der Waals surface area contributed by atoms with E-state index < -0.39 is 15.6 Å². The van der Waals surface area contributed by atoms with Crippen molar-refractivity contribution in [3.05, 3.63) is 34.9 Å². The number of nitrogens with zero attached hydrogens (tertiary/aromatic N) is 1. The van der Waals surface area contributed by atoms with Crippen LogP contribution in [0.15, 0.2) is 29.3 Å². The van der Waals surface area contributed by atoms with Crippen molar-refractivity contribution in [3.63, 3.8) is 0 Å². The third-order valence-corrected chi connectivity index (χ3v) is 4.43. The van der Waals surface area contributed by atoms with Crippen molar-refractivity contribution >= 4 is 27.6 Å². The van der Waals surface area contributed by atoms with Crippen LogP contribution < -0.4 is 15.4 Å². The van der Waals surface area contributed by atoms with Crippen LogP contribution in [0.25, 0.3) is 0 Å². The molecule has 1 aromatic carbocycles. The smallest absolute Gasteiger partial charge is 0.209 e. The summed E-state index contributed by atoms with van der Waals surface area (Å²) >= 11 is 6.22. The van der Waals surface area contributed by atoms with Gasteiger partial charge in [0.05, 0.1) is 18.8 Å². The van der Waals surface area contributed by atoms with Crippen LogP contribution in [-0.2, 0) is 10.0 Å². The van der Waals surface area contributed by atoms with Crippen molar-refractivity contribution < 1.29 is 8.42 Å². The van der Waals surface area contributed by atoms with Crippen LogP contribution in [0.4, 0.5) is 0 Å². The monoisotopic (exact) mass is 374 g/mol. The number of benzene rings is 1. The quantitative estimate of drug-likeness (QED) is 0.505. The molecule has 6 nitrogen and oxygen atoms in total. The molecule has 0 heterocycles. The first-order chi connectivity index (χ1) is 11.0. The van der Waals surface area contributed by atoms with Gasteiger partial charge in [0.2, 0.25) is 10.0 Å². The van der Waals surface area contributed by atoms with Crippen molar-refractivity contribution in [1.29, 1.82) is 0 Å². The predicted octanol–water partition coefficient (Wildman–Crippen LogP) is 2.28. The molecule has 24 heavy (non-hydrogen) atoms. The lowest BCUT2D eigenvalue weighted by Crippen LogP contribution is -2.47. The standard InChI is InChI=1S/C16H27ClN4O2S/c1-6-18-15(19-11-16(3,4)21-24(5,22)23)20-12(2)13-9-7-8-10-14(13)17/h7-10,12,21H,6,11H2,1-5H3,(H2,18,19,20). The van der Waals surface area contributed by atoms with Crippen LogP contribution in [0.1, 0.15) is 39.3 Å². The number of sulfonamides is 1. The Bertz CT molecular complexity index is 674. The molecule has 0 aliphatic heterocycles. The van der Waals surface area contributed by atoms with Gasteiger partial charge < -0.3 is 10.6 Å². The van der Waals surface area contributed by atoms with E-state index in [0.717, 1.165) is 11.8 Å². The summed E-state index contributed by atoms with van der Waals surface area (Å²) in [5.74, 6) is 0.605. The van der Waals surface area contributed by atoms with E-state index in [4.69, 9.17) is 11.6 Å². The molecule has 0 saturated carbocycles. The third kappa shape index (κ3) is 7.51. The van der Waals surface area contributed by atoms with Gasteiger partial charge in [0.25, 0.3) is 0 Å². The second kappa shape index (κ2) is 8.69. The van der Waals surface area contributed by atoms with Crippen LogP contribution in [0.5, 0.6) is 0 Å². The minimum Gasteiger partial charge on any atom is -0.357 e. The molecule has 0 bridgehead atoms. The van der Waals surface area contributed by atoms with Gasteiger partial charge in [0, 0.05) is 17.1 Å². The summed E-state index contributed by atoms with van der Waals surface area (Å²) in [6.07, 6.45) is 1.14. The van der Waals surface area contributed by atoms with Crippen molar-refractivity contribution in [2.45, 2.75) is 39.3 Å². The van der Waals surface area contributed by atoms with Crippen molar-refractivity contribution in [2.75, 3.05) is 19.3 Å². The van der Waals surface area contributed by atoms with E-state index in [1.54, 1.807) is 13.8 Å². The molecule has 8 heteroatoms. The van der Waals surface area contributed by atoms with Crippen molar-refractivity contribution in [3.8, 4) is 0 Å². The van der Waals surface area contributed by atoms with Gasteiger partial charge in [-0.1, -0.05) is 29.8 Å². The summed E-state index contributed by atoms with van der Waals surface area (Å²) in [4.78, 5) is 4.49. The highest BCUT2D eigenvalue weighted by Crippen LogP contribution is 2.21. The molecule has 3 N–H and O–H groups in total. The molecule has 0 amide bonds. The number of hydrogen-bond acceptors (Lipinski definition) is 3. The normalized spacial score (nSPS) is 14.3. The van der Waals surface area contributed by atoms with Crippen LogP contribution in [-0.4, -0.2) is 39.3 Å². The molecule has 0 aromatic heterocycles. The minimum absolute atomic E-state index is 0.0394. The van der Waals surface area contributed by atoms with E-state index in [1.165, 1.54) is 0 Å². The first kappa shape index (κ1) is 20.7. The van der Waals surface area contributed by atoms with Gasteiger partial charge in [-0.3, -0.25) is 4.99 Å². The zero-order valence-electron chi connectivity index (χ0n) is 14.9. The van der Waals surface area contributed by atoms with Crippen LogP contribution >= 0.6 is 11.6 Å². The summed E-state index contributed by atoms with van der Waals surface area (Å²) in [5.41, 5.74) is 0.294. The van der Waals surface area contributed by atoms with Crippen molar-refractivity contribution in [1.82, 2.24) is 15.4 Å². The van der Waals surface area contributed by atoms with E-state index >= 15 is 0 Å². The number of rotatable bonds is 7. The Hall–Kier alpha value is -1.31. The molecular weight excluding hydrogens is 348 g/mol. The van der Waals surface area contributed by atoms with E-state index in [-0.39, 0.29) is 6.04 Å². The van der Waals surface area contributed by atoms with Gasteiger partial charge >= 0.3 is 0 Å². The Morgan fingerprint density at radius 1 is 1.33 bits per heavy atom. The fourth-order valence-electron chi connectivity index (χ4n) is 2.24. The SMILES string of the molecule is CCNC(=NCC(C)(C)NS(C)(=O)=O)NC(C)c1ccccc1Cl. The fraction of sp³-hybridized carbons (Fsp3) is 0.562. The average Bonchev–Trinajstić information content (AvgIpc) is 2.43. The maximum atomic E-state index is 11.4. The zero-order valence-corrected chi connectivity index (χ0v) is 16.4. The van der Waals surface area contributed by atoms with Gasteiger partial charge in [0.1, 0.15) is 0 Å². The summed E-state index contributed by atoms with van der Waals surface area (Å²) < 4.78 is 25.4. The molecule has 0 radical (unpaired) electrons. The highest BCUT2D eigenvalue weighted by atomic mass is 35.5. The highest BCUT2D eigenvalue weighted by Gasteiger charge is 2.22. The molecule has 1 rings (SSSR count). The van der Waals surface area contributed by atoms with E-state index in [9.17, 15) is 8.42 Å². The van der Waals surface area contributed by atoms with Gasteiger partial charge in [-0.15, -0.1) is 0 Å². The summed E-state index contributed by atoms with van der Waals surface area (Å²) in [7, 11) is -3.29. The maximum absolute atomic E-state index is 11.4.